The number of pyridine rings is 1. The van der Waals surface area contributed by atoms with Gasteiger partial charge in [-0.25, -0.2) is 9.18 Å². The molecule has 2 atom stereocenters. The van der Waals surface area contributed by atoms with Crippen LogP contribution in [-0.4, -0.2) is 108 Å². The van der Waals surface area contributed by atoms with Crippen LogP contribution in [0.2, 0.25) is 5.02 Å². The molecule has 2 aromatic heterocycles. The van der Waals surface area contributed by atoms with E-state index >= 15 is 4.39 Å². The van der Waals surface area contributed by atoms with Crippen molar-refractivity contribution in [3.05, 3.63) is 45.9 Å². The van der Waals surface area contributed by atoms with Crippen LogP contribution < -0.4 is 10.1 Å². The second-order valence-corrected chi connectivity index (χ2v) is 15.0. The number of thioether (sulfide) groups is 1. The van der Waals surface area contributed by atoms with Crippen LogP contribution >= 0.6 is 34.7 Å². The third-order valence-electron chi connectivity index (χ3n) is 7.48. The van der Waals surface area contributed by atoms with Gasteiger partial charge in [-0.2, -0.15) is 0 Å². The number of amides is 4. The van der Waals surface area contributed by atoms with Crippen molar-refractivity contribution in [2.45, 2.75) is 52.1 Å². The van der Waals surface area contributed by atoms with Gasteiger partial charge in [-0.3, -0.25) is 24.3 Å². The van der Waals surface area contributed by atoms with E-state index in [2.05, 4.69) is 10.3 Å². The Morgan fingerprint density at radius 1 is 1.10 bits per heavy atom. The van der Waals surface area contributed by atoms with Crippen LogP contribution in [0.15, 0.2) is 30.5 Å². The minimum atomic E-state index is -1.44. The van der Waals surface area contributed by atoms with E-state index in [-0.39, 0.29) is 75.4 Å². The summed E-state index contributed by atoms with van der Waals surface area (Å²) in [5, 5.41) is 2.78. The van der Waals surface area contributed by atoms with Crippen LogP contribution in [0.1, 0.15) is 31.2 Å². The molecule has 0 saturated carbocycles. The highest BCUT2D eigenvalue weighted by Crippen LogP contribution is 2.42. The molecule has 0 bridgehead atoms. The molecule has 4 heterocycles. The van der Waals surface area contributed by atoms with Gasteiger partial charge in [0.15, 0.2) is 6.17 Å². The highest BCUT2D eigenvalue weighted by molar-refractivity contribution is 8.14. The number of alkyl halides is 1. The molecule has 0 spiro atoms. The van der Waals surface area contributed by atoms with Crippen molar-refractivity contribution in [3.63, 3.8) is 0 Å². The molecule has 0 radical (unpaired) electrons. The van der Waals surface area contributed by atoms with Crippen molar-refractivity contribution < 1.29 is 42.5 Å². The maximum Gasteiger partial charge on any atom is 0.407 e. The second kappa shape index (κ2) is 16.0. The SMILES string of the molecule is Cc1cc(Cl)cc(-c2ccnc3cc(CN4C(=O)CSC4=O)sc23)c1O[C@@H]1CN(C(=O)COCCOCCNC(=O)OC(C)(C)C)C[C@@H]1F. The summed E-state index contributed by atoms with van der Waals surface area (Å²) in [6.07, 6.45) is -1.25. The van der Waals surface area contributed by atoms with Crippen molar-refractivity contribution in [1.29, 1.82) is 0 Å². The maximum absolute atomic E-state index is 15.3. The molecule has 12 nitrogen and oxygen atoms in total. The summed E-state index contributed by atoms with van der Waals surface area (Å²) < 4.78 is 38.5. The molecule has 2 aliphatic rings. The summed E-state index contributed by atoms with van der Waals surface area (Å²) in [5.41, 5.74) is 2.17. The summed E-state index contributed by atoms with van der Waals surface area (Å²) in [7, 11) is 0. The molecule has 5 rings (SSSR count). The number of nitrogens with zero attached hydrogens (tertiary/aromatic N) is 3. The van der Waals surface area contributed by atoms with Gasteiger partial charge in [0.1, 0.15) is 24.1 Å². The van der Waals surface area contributed by atoms with E-state index in [1.165, 1.54) is 21.1 Å². The largest absolute Gasteiger partial charge is 0.485 e. The number of aryl methyl sites for hydroxylation is 1. The van der Waals surface area contributed by atoms with E-state index in [9.17, 15) is 19.2 Å². The molecular weight excluding hydrogens is 699 g/mol. The van der Waals surface area contributed by atoms with Gasteiger partial charge in [-0.15, -0.1) is 11.3 Å². The minimum absolute atomic E-state index is 0.0303. The number of rotatable bonds is 13. The number of benzene rings is 1. The molecule has 2 aliphatic heterocycles. The van der Waals surface area contributed by atoms with Gasteiger partial charge in [-0.1, -0.05) is 23.4 Å². The lowest BCUT2D eigenvalue weighted by Crippen LogP contribution is -2.34. The van der Waals surface area contributed by atoms with E-state index in [4.69, 9.17) is 30.5 Å². The Morgan fingerprint density at radius 3 is 2.61 bits per heavy atom. The summed E-state index contributed by atoms with van der Waals surface area (Å²) in [5.74, 6) is -0.0303. The number of hydrogen-bond acceptors (Lipinski definition) is 11. The Labute approximate surface area is 296 Å². The Hall–Kier alpha value is -3.50. The molecule has 264 valence electrons. The predicted octanol–water partition coefficient (Wildman–Crippen LogP) is 5.61. The number of aromatic nitrogens is 1. The van der Waals surface area contributed by atoms with Gasteiger partial charge in [0.05, 0.1) is 55.4 Å². The maximum atomic E-state index is 15.3. The Kier molecular flexibility index (Phi) is 12.0. The number of thiophene rings is 1. The summed E-state index contributed by atoms with van der Waals surface area (Å²) in [6.45, 7) is 7.81. The summed E-state index contributed by atoms with van der Waals surface area (Å²) >= 11 is 8.88. The monoisotopic (exact) mass is 736 g/mol. The lowest BCUT2D eigenvalue weighted by atomic mass is 10.0. The molecule has 1 N–H and O–H groups in total. The molecular formula is C33H38ClFN4O8S2. The third-order valence-corrected chi connectivity index (χ3v) is 9.70. The number of ether oxygens (including phenoxy) is 4. The fourth-order valence-corrected chi connectivity index (χ4v) is 7.39. The quantitative estimate of drug-likeness (QED) is 0.221. The first-order valence-electron chi connectivity index (χ1n) is 15.6. The first kappa shape index (κ1) is 36.8. The molecule has 16 heteroatoms. The Morgan fingerprint density at radius 2 is 1.88 bits per heavy atom. The molecule has 2 saturated heterocycles. The predicted molar refractivity (Wildman–Crippen MR) is 185 cm³/mol. The summed E-state index contributed by atoms with van der Waals surface area (Å²) in [4.78, 5) is 56.7. The van der Waals surface area contributed by atoms with Crippen LogP contribution in [0, 0.1) is 6.92 Å². The highest BCUT2D eigenvalue weighted by Gasteiger charge is 2.38. The Balaban J connectivity index is 1.17. The van der Waals surface area contributed by atoms with E-state index in [0.29, 0.717) is 27.4 Å². The number of alkyl carbamates (subject to hydrolysis) is 1. The lowest BCUT2D eigenvalue weighted by molar-refractivity contribution is -0.136. The molecule has 0 aliphatic carbocycles. The van der Waals surface area contributed by atoms with Crippen LogP contribution in [-0.2, 0) is 30.3 Å². The van der Waals surface area contributed by atoms with Crippen LogP contribution in [0.25, 0.3) is 21.3 Å². The Bertz CT molecular complexity index is 1700. The van der Waals surface area contributed by atoms with Gasteiger partial charge in [0.25, 0.3) is 5.24 Å². The van der Waals surface area contributed by atoms with E-state index in [0.717, 1.165) is 26.9 Å². The van der Waals surface area contributed by atoms with Crippen LogP contribution in [0.5, 0.6) is 5.75 Å². The fourth-order valence-electron chi connectivity index (χ4n) is 5.26. The number of carbonyl (C=O) groups excluding carboxylic acids is 4. The number of fused-ring (bicyclic) bond motifs is 1. The van der Waals surface area contributed by atoms with Crippen molar-refractivity contribution in [1.82, 2.24) is 20.1 Å². The number of imide groups is 1. The zero-order chi connectivity index (χ0) is 35.3. The molecule has 4 amide bonds. The molecule has 1 aromatic carbocycles. The van der Waals surface area contributed by atoms with Gasteiger partial charge in [-0.05, 0) is 57.5 Å². The zero-order valence-electron chi connectivity index (χ0n) is 27.6. The van der Waals surface area contributed by atoms with Gasteiger partial charge < -0.3 is 29.2 Å². The average Bonchev–Trinajstić information content (AvgIpc) is 3.71. The number of carbonyl (C=O) groups is 4. The first-order valence-corrected chi connectivity index (χ1v) is 17.8. The lowest BCUT2D eigenvalue weighted by Gasteiger charge is -2.21. The number of likely N-dealkylation sites (tertiary alicyclic amines) is 1. The number of hydrogen-bond donors (Lipinski definition) is 1. The molecule has 49 heavy (non-hydrogen) atoms. The third kappa shape index (κ3) is 9.60. The van der Waals surface area contributed by atoms with Gasteiger partial charge >= 0.3 is 6.09 Å². The van der Waals surface area contributed by atoms with E-state index in [1.807, 2.05) is 19.1 Å². The first-order chi connectivity index (χ1) is 23.3. The van der Waals surface area contributed by atoms with Crippen LogP contribution in [0.3, 0.4) is 0 Å². The number of nitrogens with one attached hydrogen (secondary N) is 1. The topological polar surface area (TPSA) is 137 Å². The minimum Gasteiger partial charge on any atom is -0.485 e. The van der Waals surface area contributed by atoms with Crippen molar-refractivity contribution in [2.24, 2.45) is 0 Å². The van der Waals surface area contributed by atoms with Crippen molar-refractivity contribution in [2.75, 3.05) is 51.8 Å². The van der Waals surface area contributed by atoms with Gasteiger partial charge in [0, 0.05) is 33.8 Å². The van der Waals surface area contributed by atoms with Gasteiger partial charge in [0.2, 0.25) is 11.8 Å². The normalized spacial score (nSPS) is 18.1. The van der Waals surface area contributed by atoms with E-state index < -0.39 is 24.0 Å². The second-order valence-electron chi connectivity index (χ2n) is 12.5. The average molecular weight is 737 g/mol. The van der Waals surface area contributed by atoms with Crippen LogP contribution in [0.4, 0.5) is 14.0 Å². The van der Waals surface area contributed by atoms with Crippen molar-refractivity contribution >= 4 is 68.1 Å². The fraction of sp³-hybridized carbons (Fsp3) is 0.485. The van der Waals surface area contributed by atoms with Crippen molar-refractivity contribution in [3.8, 4) is 16.9 Å². The standard InChI is InChI=1S/C33H38ClFN4O8S2/c1-19-11-20(34)12-23(22-5-6-36-25-13-21(49-30(22)25)14-39-28(41)18-48-32(39)43)29(19)46-26-16-38(15-24(26)35)27(40)17-45-10-9-44-8-7-37-31(42)47-33(2,3)4/h5-6,11-13,24,26H,7-10,14-18H2,1-4H3,(H,37,42)/t24-,26+/m0/s1. The molecule has 3 aromatic rings. The highest BCUT2D eigenvalue weighted by atomic mass is 35.5. The zero-order valence-corrected chi connectivity index (χ0v) is 30.0. The molecule has 0 unspecified atom stereocenters. The number of halogens is 2. The van der Waals surface area contributed by atoms with E-state index in [1.54, 1.807) is 39.1 Å². The smallest absolute Gasteiger partial charge is 0.407 e. The molecule has 2 fully saturated rings. The summed E-state index contributed by atoms with van der Waals surface area (Å²) in [6, 6.07) is 7.14.